The fourth-order valence-corrected chi connectivity index (χ4v) is 2.39. The number of rotatable bonds is 4. The van der Waals surface area contributed by atoms with Gasteiger partial charge in [-0.1, -0.05) is 12.1 Å². The van der Waals surface area contributed by atoms with E-state index in [2.05, 4.69) is 34.3 Å². The number of H-pyrrole nitrogens is 1. The predicted molar refractivity (Wildman–Crippen MR) is 82.5 cm³/mol. The highest BCUT2D eigenvalue weighted by molar-refractivity contribution is 5.79. The Balaban J connectivity index is 1.70. The summed E-state index contributed by atoms with van der Waals surface area (Å²) in [5.41, 5.74) is 3.99. The number of nitrogens with zero attached hydrogens (tertiary/aromatic N) is 2. The standard InChI is InChI=1S/C17H16N4/c1-12(14-6-4-13(9-18)5-7-14)20-10-15-11-21-17-16(15)3-2-8-19-17/h2-8,11-12,20H,10H2,1H3,(H,19,21). The summed E-state index contributed by atoms with van der Waals surface area (Å²) in [6.07, 6.45) is 3.78. The van der Waals surface area contributed by atoms with E-state index in [-0.39, 0.29) is 6.04 Å². The molecule has 104 valence electrons. The summed E-state index contributed by atoms with van der Waals surface area (Å²) < 4.78 is 0. The third-order valence-electron chi connectivity index (χ3n) is 3.68. The Bertz CT molecular complexity index is 780. The van der Waals surface area contributed by atoms with Crippen LogP contribution in [-0.4, -0.2) is 9.97 Å². The molecule has 0 bridgehead atoms. The van der Waals surface area contributed by atoms with Crippen molar-refractivity contribution in [2.45, 2.75) is 19.5 Å². The lowest BCUT2D eigenvalue weighted by Gasteiger charge is -2.14. The lowest BCUT2D eigenvalue weighted by Crippen LogP contribution is -2.17. The molecule has 0 spiro atoms. The van der Waals surface area contributed by atoms with Crippen molar-refractivity contribution >= 4 is 11.0 Å². The molecule has 0 saturated carbocycles. The summed E-state index contributed by atoms with van der Waals surface area (Å²) >= 11 is 0. The molecule has 1 unspecified atom stereocenters. The van der Waals surface area contributed by atoms with E-state index in [4.69, 9.17) is 5.26 Å². The SMILES string of the molecule is CC(NCc1c[nH]c2ncccc12)c1ccc(C#N)cc1. The Morgan fingerprint density at radius 3 is 2.86 bits per heavy atom. The normalized spacial score (nSPS) is 12.2. The van der Waals surface area contributed by atoms with Crippen molar-refractivity contribution in [3.8, 4) is 6.07 Å². The first kappa shape index (κ1) is 13.3. The van der Waals surface area contributed by atoms with Crippen LogP contribution in [0.4, 0.5) is 0 Å². The van der Waals surface area contributed by atoms with E-state index < -0.39 is 0 Å². The molecule has 0 aliphatic rings. The van der Waals surface area contributed by atoms with E-state index in [1.165, 1.54) is 11.1 Å². The molecule has 3 rings (SSSR count). The second kappa shape index (κ2) is 5.78. The van der Waals surface area contributed by atoms with Gasteiger partial charge in [0.1, 0.15) is 5.65 Å². The molecule has 0 aliphatic carbocycles. The van der Waals surface area contributed by atoms with E-state index in [0.29, 0.717) is 5.56 Å². The predicted octanol–water partition coefficient (Wildman–Crippen LogP) is 3.29. The number of nitrogens with one attached hydrogen (secondary N) is 2. The third-order valence-corrected chi connectivity index (χ3v) is 3.68. The number of hydrogen-bond donors (Lipinski definition) is 2. The van der Waals surface area contributed by atoms with E-state index >= 15 is 0 Å². The van der Waals surface area contributed by atoms with Crippen LogP contribution in [0.5, 0.6) is 0 Å². The number of pyridine rings is 1. The zero-order valence-corrected chi connectivity index (χ0v) is 11.8. The molecule has 0 fully saturated rings. The van der Waals surface area contributed by atoms with Crippen molar-refractivity contribution in [3.63, 3.8) is 0 Å². The van der Waals surface area contributed by atoms with Crippen molar-refractivity contribution < 1.29 is 0 Å². The quantitative estimate of drug-likeness (QED) is 0.768. The fraction of sp³-hybridized carbons (Fsp3) is 0.176. The Kier molecular flexibility index (Phi) is 3.67. The first-order chi connectivity index (χ1) is 10.3. The Hall–Kier alpha value is -2.64. The van der Waals surface area contributed by atoms with Crippen molar-refractivity contribution in [3.05, 3.63) is 65.5 Å². The minimum absolute atomic E-state index is 0.222. The topological polar surface area (TPSA) is 64.5 Å². The smallest absolute Gasteiger partial charge is 0.137 e. The van der Waals surface area contributed by atoms with Gasteiger partial charge in [0.25, 0.3) is 0 Å². The van der Waals surface area contributed by atoms with Crippen LogP contribution in [0.25, 0.3) is 11.0 Å². The second-order valence-corrected chi connectivity index (χ2v) is 5.05. The molecule has 0 radical (unpaired) electrons. The Morgan fingerprint density at radius 1 is 1.29 bits per heavy atom. The lowest BCUT2D eigenvalue weighted by atomic mass is 10.1. The number of benzene rings is 1. The van der Waals surface area contributed by atoms with Crippen LogP contribution < -0.4 is 5.32 Å². The highest BCUT2D eigenvalue weighted by Crippen LogP contribution is 2.18. The fourth-order valence-electron chi connectivity index (χ4n) is 2.39. The summed E-state index contributed by atoms with van der Waals surface area (Å²) in [6.45, 7) is 2.89. The number of aromatic nitrogens is 2. The lowest BCUT2D eigenvalue weighted by molar-refractivity contribution is 0.576. The van der Waals surface area contributed by atoms with Crippen LogP contribution >= 0.6 is 0 Å². The number of nitriles is 1. The summed E-state index contributed by atoms with van der Waals surface area (Å²) in [5.74, 6) is 0. The zero-order chi connectivity index (χ0) is 14.7. The average molecular weight is 276 g/mol. The minimum Gasteiger partial charge on any atom is -0.346 e. The zero-order valence-electron chi connectivity index (χ0n) is 11.8. The largest absolute Gasteiger partial charge is 0.346 e. The van der Waals surface area contributed by atoms with Gasteiger partial charge < -0.3 is 10.3 Å². The number of aromatic amines is 1. The van der Waals surface area contributed by atoms with Crippen molar-refractivity contribution in [1.82, 2.24) is 15.3 Å². The van der Waals surface area contributed by atoms with Crippen LogP contribution in [0, 0.1) is 11.3 Å². The molecule has 0 amide bonds. The molecule has 4 heteroatoms. The van der Waals surface area contributed by atoms with Crippen LogP contribution in [0.2, 0.25) is 0 Å². The molecule has 2 N–H and O–H groups in total. The van der Waals surface area contributed by atoms with Crippen molar-refractivity contribution in [1.29, 1.82) is 5.26 Å². The molecule has 4 nitrogen and oxygen atoms in total. The van der Waals surface area contributed by atoms with Gasteiger partial charge in [0.15, 0.2) is 0 Å². The van der Waals surface area contributed by atoms with Gasteiger partial charge in [0.05, 0.1) is 11.6 Å². The molecule has 21 heavy (non-hydrogen) atoms. The molecule has 2 aromatic heterocycles. The molecular weight excluding hydrogens is 260 g/mol. The summed E-state index contributed by atoms with van der Waals surface area (Å²) in [4.78, 5) is 7.47. The molecular formula is C17H16N4. The van der Waals surface area contributed by atoms with Gasteiger partial charge in [-0.15, -0.1) is 0 Å². The average Bonchev–Trinajstić information content (AvgIpc) is 2.96. The van der Waals surface area contributed by atoms with E-state index in [9.17, 15) is 0 Å². The van der Waals surface area contributed by atoms with E-state index in [1.54, 1.807) is 6.20 Å². The summed E-state index contributed by atoms with van der Waals surface area (Å²) in [6, 6.07) is 14.1. The van der Waals surface area contributed by atoms with E-state index in [1.807, 2.05) is 36.5 Å². The maximum absolute atomic E-state index is 8.82. The van der Waals surface area contributed by atoms with Crippen LogP contribution in [0.3, 0.4) is 0 Å². The van der Waals surface area contributed by atoms with Gasteiger partial charge in [-0.05, 0) is 42.3 Å². The number of fused-ring (bicyclic) bond motifs is 1. The van der Waals surface area contributed by atoms with Gasteiger partial charge in [0.2, 0.25) is 0 Å². The molecule has 1 aromatic carbocycles. The van der Waals surface area contributed by atoms with Gasteiger partial charge >= 0.3 is 0 Å². The van der Waals surface area contributed by atoms with Gasteiger partial charge in [-0.3, -0.25) is 0 Å². The highest BCUT2D eigenvalue weighted by Gasteiger charge is 2.08. The molecule has 3 aromatic rings. The van der Waals surface area contributed by atoms with Gasteiger partial charge in [-0.2, -0.15) is 5.26 Å². The van der Waals surface area contributed by atoms with Crippen LogP contribution in [0.15, 0.2) is 48.8 Å². The molecule has 0 aliphatic heterocycles. The summed E-state index contributed by atoms with van der Waals surface area (Å²) in [7, 11) is 0. The Morgan fingerprint density at radius 2 is 2.10 bits per heavy atom. The number of hydrogen-bond acceptors (Lipinski definition) is 3. The van der Waals surface area contributed by atoms with Gasteiger partial charge in [0, 0.05) is 30.4 Å². The maximum Gasteiger partial charge on any atom is 0.137 e. The monoisotopic (exact) mass is 276 g/mol. The summed E-state index contributed by atoms with van der Waals surface area (Å²) in [5, 5.41) is 13.5. The third kappa shape index (κ3) is 2.78. The Labute approximate surface area is 123 Å². The first-order valence-corrected chi connectivity index (χ1v) is 6.92. The van der Waals surface area contributed by atoms with Crippen LogP contribution in [0.1, 0.15) is 29.7 Å². The molecule has 1 atom stereocenters. The van der Waals surface area contributed by atoms with Crippen molar-refractivity contribution in [2.24, 2.45) is 0 Å². The maximum atomic E-state index is 8.82. The van der Waals surface area contributed by atoms with Crippen LogP contribution in [-0.2, 0) is 6.54 Å². The van der Waals surface area contributed by atoms with Gasteiger partial charge in [-0.25, -0.2) is 4.98 Å². The van der Waals surface area contributed by atoms with Crippen molar-refractivity contribution in [2.75, 3.05) is 0 Å². The second-order valence-electron chi connectivity index (χ2n) is 5.05. The van der Waals surface area contributed by atoms with E-state index in [0.717, 1.165) is 17.6 Å². The first-order valence-electron chi connectivity index (χ1n) is 6.92. The minimum atomic E-state index is 0.222. The highest BCUT2D eigenvalue weighted by atomic mass is 14.9. The molecule has 2 heterocycles. The molecule has 0 saturated heterocycles.